The summed E-state index contributed by atoms with van der Waals surface area (Å²) >= 11 is 1.42. The lowest BCUT2D eigenvalue weighted by Crippen LogP contribution is -2.31. The number of thiophene rings is 1. The zero-order valence-electron chi connectivity index (χ0n) is 19.6. The monoisotopic (exact) mass is 493 g/mol. The number of hydrogen-bond donors (Lipinski definition) is 1. The van der Waals surface area contributed by atoms with E-state index in [4.69, 9.17) is 4.74 Å². The molecule has 0 radical (unpaired) electrons. The highest BCUT2D eigenvalue weighted by Gasteiger charge is 2.46. The van der Waals surface area contributed by atoms with Gasteiger partial charge < -0.3 is 14.7 Å². The van der Waals surface area contributed by atoms with Crippen molar-refractivity contribution < 1.29 is 23.8 Å². The number of rotatable bonds is 10. The maximum atomic E-state index is 13.3. The summed E-state index contributed by atoms with van der Waals surface area (Å²) in [6.07, 6.45) is 3.64. The van der Waals surface area contributed by atoms with E-state index >= 15 is 0 Å². The van der Waals surface area contributed by atoms with Gasteiger partial charge in [0.1, 0.15) is 17.3 Å². The van der Waals surface area contributed by atoms with Gasteiger partial charge in [0.15, 0.2) is 0 Å². The summed E-state index contributed by atoms with van der Waals surface area (Å²) in [5.74, 6) is -1.20. The predicted molar refractivity (Wildman–Crippen MR) is 135 cm³/mol. The van der Waals surface area contributed by atoms with Crippen LogP contribution in [0.15, 0.2) is 71.6 Å². The van der Waals surface area contributed by atoms with Crippen LogP contribution in [0, 0.1) is 5.82 Å². The number of Topliss-reactive ketones (excluding diaryl/α,β-unsaturated/α-hetero) is 1. The maximum Gasteiger partial charge on any atom is 0.295 e. The van der Waals surface area contributed by atoms with E-state index in [2.05, 4.69) is 6.92 Å². The SMILES string of the molecule is CCCCCOc1ccc(/C(O)=C2/C(=O)C(=O)N(CCc3ccc(F)cc3)C2c2cccs2)cc1. The van der Waals surface area contributed by atoms with Gasteiger partial charge in [-0.1, -0.05) is 38.0 Å². The summed E-state index contributed by atoms with van der Waals surface area (Å²) in [7, 11) is 0. The molecule has 35 heavy (non-hydrogen) atoms. The van der Waals surface area contributed by atoms with Crippen molar-refractivity contribution in [2.75, 3.05) is 13.2 Å². The molecule has 1 amide bonds. The van der Waals surface area contributed by atoms with Gasteiger partial charge >= 0.3 is 0 Å². The number of aliphatic hydroxyl groups is 1. The quantitative estimate of drug-likeness (QED) is 0.160. The zero-order chi connectivity index (χ0) is 24.8. The first-order chi connectivity index (χ1) is 17.0. The standard InChI is InChI=1S/C28H28FNO4S/c1-2-3-4-17-34-22-13-9-20(10-14-22)26(31)24-25(23-6-5-18-35-23)30(28(33)27(24)32)16-15-19-7-11-21(29)12-8-19/h5-14,18,25,31H,2-4,15-17H2,1H3/b26-24-. The van der Waals surface area contributed by atoms with Crippen LogP contribution in [0.5, 0.6) is 5.75 Å². The Bertz CT molecular complexity index is 1190. The molecule has 0 bridgehead atoms. The van der Waals surface area contributed by atoms with E-state index in [0.29, 0.717) is 24.3 Å². The summed E-state index contributed by atoms with van der Waals surface area (Å²) in [5, 5.41) is 13.0. The number of hydrogen-bond acceptors (Lipinski definition) is 5. The van der Waals surface area contributed by atoms with Crippen LogP contribution < -0.4 is 4.74 Å². The highest BCUT2D eigenvalue weighted by Crippen LogP contribution is 2.41. The Hall–Kier alpha value is -3.45. The van der Waals surface area contributed by atoms with Gasteiger partial charge in [0.25, 0.3) is 11.7 Å². The van der Waals surface area contributed by atoms with Gasteiger partial charge in [0.05, 0.1) is 18.2 Å². The third-order valence-electron chi connectivity index (χ3n) is 6.05. The number of carbonyl (C=O) groups excluding carboxylic acids is 2. The van der Waals surface area contributed by atoms with Gasteiger partial charge in [-0.25, -0.2) is 4.39 Å². The molecule has 3 aromatic rings. The average Bonchev–Trinajstić information content (AvgIpc) is 3.49. The van der Waals surface area contributed by atoms with E-state index < -0.39 is 17.7 Å². The van der Waals surface area contributed by atoms with Crippen LogP contribution >= 0.6 is 11.3 Å². The van der Waals surface area contributed by atoms with E-state index in [9.17, 15) is 19.1 Å². The third kappa shape index (κ3) is 5.62. The molecule has 2 aromatic carbocycles. The number of likely N-dealkylation sites (tertiary alicyclic amines) is 1. The first-order valence-corrected chi connectivity index (χ1v) is 12.7. The molecule has 4 rings (SSSR count). The Morgan fingerprint density at radius 1 is 1.06 bits per heavy atom. The van der Waals surface area contributed by atoms with Crippen LogP contribution in [-0.4, -0.2) is 34.8 Å². The van der Waals surface area contributed by atoms with Crippen molar-refractivity contribution >= 4 is 28.8 Å². The number of halogens is 1. The Labute approximate surface area is 208 Å². The second kappa shape index (κ2) is 11.3. The van der Waals surface area contributed by atoms with E-state index in [-0.39, 0.29) is 23.7 Å². The second-order valence-electron chi connectivity index (χ2n) is 8.46. The van der Waals surface area contributed by atoms with Crippen LogP contribution in [0.2, 0.25) is 0 Å². The molecule has 1 saturated heterocycles. The Morgan fingerprint density at radius 3 is 2.46 bits per heavy atom. The third-order valence-corrected chi connectivity index (χ3v) is 6.98. The van der Waals surface area contributed by atoms with Gasteiger partial charge in [0, 0.05) is 17.0 Å². The summed E-state index contributed by atoms with van der Waals surface area (Å²) in [5.41, 5.74) is 1.38. The summed E-state index contributed by atoms with van der Waals surface area (Å²) in [4.78, 5) is 28.4. The molecule has 0 aliphatic carbocycles. The van der Waals surface area contributed by atoms with E-state index in [1.54, 1.807) is 36.4 Å². The number of amides is 1. The number of nitrogens with zero attached hydrogens (tertiary/aromatic N) is 1. The highest BCUT2D eigenvalue weighted by molar-refractivity contribution is 7.10. The highest BCUT2D eigenvalue weighted by atomic mass is 32.1. The molecule has 1 atom stereocenters. The fraction of sp³-hybridized carbons (Fsp3) is 0.286. The summed E-state index contributed by atoms with van der Waals surface area (Å²) < 4.78 is 19.0. The lowest BCUT2D eigenvalue weighted by molar-refractivity contribution is -0.139. The average molecular weight is 494 g/mol. The molecule has 182 valence electrons. The molecule has 0 saturated carbocycles. The fourth-order valence-corrected chi connectivity index (χ4v) is 5.01. The van der Waals surface area contributed by atoms with Gasteiger partial charge in [-0.15, -0.1) is 11.3 Å². The molecular formula is C28H28FNO4S. The molecule has 1 fully saturated rings. The minimum absolute atomic E-state index is 0.0770. The van der Waals surface area contributed by atoms with Crippen molar-refractivity contribution in [1.82, 2.24) is 4.90 Å². The van der Waals surface area contributed by atoms with Gasteiger partial charge in [-0.05, 0) is 66.2 Å². The predicted octanol–water partition coefficient (Wildman–Crippen LogP) is 6.12. The van der Waals surface area contributed by atoms with Crippen LogP contribution in [0.1, 0.15) is 48.2 Å². The van der Waals surface area contributed by atoms with Crippen molar-refractivity contribution in [3.05, 3.63) is 93.4 Å². The zero-order valence-corrected chi connectivity index (χ0v) is 20.4. The number of unbranched alkanes of at least 4 members (excludes halogenated alkanes) is 2. The minimum Gasteiger partial charge on any atom is -0.507 e. The van der Waals surface area contributed by atoms with Gasteiger partial charge in [-0.3, -0.25) is 9.59 Å². The first kappa shape index (κ1) is 24.7. The topological polar surface area (TPSA) is 66.8 Å². The Morgan fingerprint density at radius 2 is 1.80 bits per heavy atom. The van der Waals surface area contributed by atoms with Crippen molar-refractivity contribution in [1.29, 1.82) is 0 Å². The molecule has 7 heteroatoms. The number of ether oxygens (including phenoxy) is 1. The van der Waals surface area contributed by atoms with Crippen molar-refractivity contribution in [3.63, 3.8) is 0 Å². The molecular weight excluding hydrogens is 465 g/mol. The number of ketones is 1. The van der Waals surface area contributed by atoms with E-state index in [1.165, 1.54) is 28.4 Å². The smallest absolute Gasteiger partial charge is 0.295 e. The van der Waals surface area contributed by atoms with E-state index in [1.807, 2.05) is 17.5 Å². The lowest BCUT2D eigenvalue weighted by Gasteiger charge is -2.24. The summed E-state index contributed by atoms with van der Waals surface area (Å²) in [6.45, 7) is 3.02. The molecule has 1 unspecified atom stereocenters. The molecule has 1 aliphatic heterocycles. The number of carbonyl (C=O) groups is 2. The molecule has 2 heterocycles. The molecule has 1 aliphatic rings. The van der Waals surface area contributed by atoms with Crippen molar-refractivity contribution in [2.45, 2.75) is 38.6 Å². The Balaban J connectivity index is 1.60. The second-order valence-corrected chi connectivity index (χ2v) is 9.44. The minimum atomic E-state index is -0.708. The van der Waals surface area contributed by atoms with Crippen LogP contribution in [0.3, 0.4) is 0 Å². The van der Waals surface area contributed by atoms with E-state index in [0.717, 1.165) is 29.7 Å². The number of aliphatic hydroxyl groups excluding tert-OH is 1. The maximum absolute atomic E-state index is 13.3. The molecule has 1 aromatic heterocycles. The van der Waals surface area contributed by atoms with Crippen LogP contribution in [0.4, 0.5) is 4.39 Å². The summed E-state index contributed by atoms with van der Waals surface area (Å²) in [6, 6.07) is 16.0. The van der Waals surface area contributed by atoms with Crippen LogP contribution in [-0.2, 0) is 16.0 Å². The lowest BCUT2D eigenvalue weighted by atomic mass is 9.99. The van der Waals surface area contributed by atoms with Gasteiger partial charge in [0.2, 0.25) is 0 Å². The van der Waals surface area contributed by atoms with Gasteiger partial charge in [-0.2, -0.15) is 0 Å². The Kier molecular flexibility index (Phi) is 7.98. The fourth-order valence-electron chi connectivity index (χ4n) is 4.16. The largest absolute Gasteiger partial charge is 0.507 e. The molecule has 5 nitrogen and oxygen atoms in total. The molecule has 0 spiro atoms. The van der Waals surface area contributed by atoms with Crippen molar-refractivity contribution in [2.24, 2.45) is 0 Å². The van der Waals surface area contributed by atoms with Crippen LogP contribution in [0.25, 0.3) is 5.76 Å². The number of benzene rings is 2. The van der Waals surface area contributed by atoms with Crippen molar-refractivity contribution in [3.8, 4) is 5.75 Å². The molecule has 1 N–H and O–H groups in total. The first-order valence-electron chi connectivity index (χ1n) is 11.8. The normalized spacial score (nSPS) is 17.2.